The molecule has 0 saturated heterocycles. The molecule has 0 saturated carbocycles. The lowest BCUT2D eigenvalue weighted by Gasteiger charge is -2.06. The van der Waals surface area contributed by atoms with Crippen molar-refractivity contribution in [2.45, 2.75) is 12.7 Å². The van der Waals surface area contributed by atoms with Gasteiger partial charge in [-0.25, -0.2) is 0 Å². The Labute approximate surface area is 137 Å². The van der Waals surface area contributed by atoms with Gasteiger partial charge in [-0.1, -0.05) is 29.8 Å². The average Bonchev–Trinajstić information content (AvgIpc) is 2.45. The van der Waals surface area contributed by atoms with Crippen LogP contribution in [0, 0.1) is 6.92 Å². The summed E-state index contributed by atoms with van der Waals surface area (Å²) < 4.78 is 4.92. The van der Waals surface area contributed by atoms with Gasteiger partial charge in [0.2, 0.25) is 5.91 Å². The molecule has 1 amide bonds. The number of halogens is 1. The van der Waals surface area contributed by atoms with Crippen LogP contribution < -0.4 is 10.6 Å². The number of benzene rings is 1. The Balaban J connectivity index is 0.00000400. The van der Waals surface area contributed by atoms with E-state index in [0.29, 0.717) is 18.9 Å². The predicted octanol–water partition coefficient (Wildman–Crippen LogP) is 2.00. The molecule has 1 rings (SSSR count). The highest BCUT2D eigenvalue weighted by Crippen LogP contribution is 2.12. The second-order valence-corrected chi connectivity index (χ2v) is 5.56. The number of aryl methyl sites for hydroxylation is 1. The van der Waals surface area contributed by atoms with Crippen molar-refractivity contribution in [2.24, 2.45) is 0 Å². The van der Waals surface area contributed by atoms with Gasteiger partial charge in [-0.15, -0.1) is 24.2 Å². The highest BCUT2D eigenvalue weighted by atomic mass is 35.5. The molecule has 0 spiro atoms. The molecule has 0 radical (unpaired) electrons. The monoisotopic (exact) mass is 332 g/mol. The fraction of sp³-hybridized carbons (Fsp3) is 0.533. The van der Waals surface area contributed by atoms with E-state index in [-0.39, 0.29) is 18.3 Å². The first-order chi connectivity index (χ1) is 9.72. The Hall–Kier alpha value is -0.750. The van der Waals surface area contributed by atoms with Gasteiger partial charge in [-0.2, -0.15) is 0 Å². The van der Waals surface area contributed by atoms with Crippen LogP contribution in [0.2, 0.25) is 0 Å². The number of methoxy groups -OCH3 is 1. The topological polar surface area (TPSA) is 50.4 Å². The number of carbonyl (C=O) groups excluding carboxylic acids is 1. The molecule has 120 valence electrons. The van der Waals surface area contributed by atoms with Crippen LogP contribution in [0.25, 0.3) is 0 Å². The Morgan fingerprint density at radius 1 is 1.19 bits per heavy atom. The lowest BCUT2D eigenvalue weighted by Crippen LogP contribution is -2.33. The molecular formula is C15H25ClN2O2S. The minimum Gasteiger partial charge on any atom is -0.383 e. The van der Waals surface area contributed by atoms with Crippen LogP contribution in [0.4, 0.5) is 0 Å². The molecule has 4 nitrogen and oxygen atoms in total. The summed E-state index contributed by atoms with van der Waals surface area (Å²) >= 11 is 1.64. The third-order valence-corrected chi connectivity index (χ3v) is 3.73. The summed E-state index contributed by atoms with van der Waals surface area (Å²) in [5, 5.41) is 6.07. The lowest BCUT2D eigenvalue weighted by molar-refractivity contribution is -0.118. The molecule has 0 fully saturated rings. The number of hydrogen-bond donors (Lipinski definition) is 2. The maximum absolute atomic E-state index is 11.6. The maximum atomic E-state index is 11.6. The summed E-state index contributed by atoms with van der Waals surface area (Å²) in [7, 11) is 1.68. The average molecular weight is 333 g/mol. The molecule has 6 heteroatoms. The van der Waals surface area contributed by atoms with Crippen molar-refractivity contribution in [1.29, 1.82) is 0 Å². The highest BCUT2D eigenvalue weighted by molar-refractivity contribution is 7.99. The summed E-state index contributed by atoms with van der Waals surface area (Å²) in [5.74, 6) is 1.47. The molecule has 1 aromatic carbocycles. The third-order valence-electron chi connectivity index (χ3n) is 2.73. The summed E-state index contributed by atoms with van der Waals surface area (Å²) in [6.07, 6.45) is 0. The van der Waals surface area contributed by atoms with E-state index in [1.165, 1.54) is 11.1 Å². The minimum atomic E-state index is 0. The van der Waals surface area contributed by atoms with E-state index in [4.69, 9.17) is 4.74 Å². The van der Waals surface area contributed by atoms with Gasteiger partial charge >= 0.3 is 0 Å². The van der Waals surface area contributed by atoms with Gasteiger partial charge < -0.3 is 15.4 Å². The van der Waals surface area contributed by atoms with Gasteiger partial charge in [0.25, 0.3) is 0 Å². The standard InChI is InChI=1S/C15H24N2O2S.ClH/c1-13-3-5-14(6-4-13)11-20-12-15(18)17-8-7-16-9-10-19-2;/h3-6,16H,7-12H2,1-2H3,(H,17,18);1H. The van der Waals surface area contributed by atoms with Crippen LogP contribution in [-0.4, -0.2) is 45.0 Å². The Bertz CT molecular complexity index is 388. The quantitative estimate of drug-likeness (QED) is 0.643. The molecule has 0 aliphatic rings. The smallest absolute Gasteiger partial charge is 0.230 e. The number of thioether (sulfide) groups is 1. The van der Waals surface area contributed by atoms with Crippen molar-refractivity contribution in [3.63, 3.8) is 0 Å². The zero-order chi connectivity index (χ0) is 14.6. The second-order valence-electron chi connectivity index (χ2n) is 4.57. The van der Waals surface area contributed by atoms with Crippen molar-refractivity contribution in [2.75, 3.05) is 39.1 Å². The maximum Gasteiger partial charge on any atom is 0.230 e. The van der Waals surface area contributed by atoms with Gasteiger partial charge in [0.15, 0.2) is 0 Å². The molecular weight excluding hydrogens is 308 g/mol. The lowest BCUT2D eigenvalue weighted by atomic mass is 10.2. The summed E-state index contributed by atoms with van der Waals surface area (Å²) in [6, 6.07) is 8.42. The molecule has 21 heavy (non-hydrogen) atoms. The van der Waals surface area contributed by atoms with Gasteiger partial charge in [0.05, 0.1) is 12.4 Å². The molecule has 0 heterocycles. The van der Waals surface area contributed by atoms with Crippen LogP contribution in [0.15, 0.2) is 24.3 Å². The Morgan fingerprint density at radius 3 is 2.57 bits per heavy atom. The normalized spacial score (nSPS) is 10.0. The fourth-order valence-electron chi connectivity index (χ4n) is 1.59. The summed E-state index contributed by atoms with van der Waals surface area (Å²) in [6.45, 7) is 5.02. The van der Waals surface area contributed by atoms with Crippen LogP contribution in [0.5, 0.6) is 0 Å². The number of nitrogens with one attached hydrogen (secondary N) is 2. The first-order valence-electron chi connectivity index (χ1n) is 6.82. The number of carbonyl (C=O) groups is 1. The van der Waals surface area contributed by atoms with Crippen LogP contribution in [0.3, 0.4) is 0 Å². The van der Waals surface area contributed by atoms with Crippen LogP contribution in [-0.2, 0) is 15.3 Å². The van der Waals surface area contributed by atoms with Crippen molar-refractivity contribution >= 4 is 30.1 Å². The highest BCUT2D eigenvalue weighted by Gasteiger charge is 2.01. The van der Waals surface area contributed by atoms with E-state index >= 15 is 0 Å². The van der Waals surface area contributed by atoms with Gasteiger partial charge in [0.1, 0.15) is 0 Å². The largest absolute Gasteiger partial charge is 0.383 e. The number of amides is 1. The first kappa shape index (κ1) is 20.2. The number of hydrogen-bond acceptors (Lipinski definition) is 4. The molecule has 2 N–H and O–H groups in total. The van der Waals surface area contributed by atoms with E-state index < -0.39 is 0 Å². The van der Waals surface area contributed by atoms with Gasteiger partial charge in [-0.3, -0.25) is 4.79 Å². The molecule has 0 atom stereocenters. The zero-order valence-electron chi connectivity index (χ0n) is 12.7. The van der Waals surface area contributed by atoms with Gasteiger partial charge in [-0.05, 0) is 12.5 Å². The van der Waals surface area contributed by atoms with Gasteiger partial charge in [0, 0.05) is 32.5 Å². The third kappa shape index (κ3) is 10.6. The Morgan fingerprint density at radius 2 is 1.90 bits per heavy atom. The number of rotatable bonds is 10. The van der Waals surface area contributed by atoms with Crippen molar-refractivity contribution in [1.82, 2.24) is 10.6 Å². The Kier molecular flexibility index (Phi) is 12.5. The van der Waals surface area contributed by atoms with E-state index in [1.54, 1.807) is 18.9 Å². The zero-order valence-corrected chi connectivity index (χ0v) is 14.3. The fourth-order valence-corrected chi connectivity index (χ4v) is 2.40. The van der Waals surface area contributed by atoms with Crippen LogP contribution in [0.1, 0.15) is 11.1 Å². The molecule has 0 unspecified atom stereocenters. The van der Waals surface area contributed by atoms with Crippen molar-refractivity contribution < 1.29 is 9.53 Å². The minimum absolute atomic E-state index is 0. The SMILES string of the molecule is COCCNCCNC(=O)CSCc1ccc(C)cc1.Cl. The number of ether oxygens (including phenoxy) is 1. The first-order valence-corrected chi connectivity index (χ1v) is 7.97. The van der Waals surface area contributed by atoms with E-state index in [0.717, 1.165) is 18.8 Å². The van der Waals surface area contributed by atoms with Crippen LogP contribution >= 0.6 is 24.2 Å². The second kappa shape index (κ2) is 13.0. The van der Waals surface area contributed by atoms with Crippen molar-refractivity contribution in [3.8, 4) is 0 Å². The predicted molar refractivity (Wildman–Crippen MR) is 92.3 cm³/mol. The molecule has 0 aromatic heterocycles. The molecule has 1 aromatic rings. The molecule has 0 aliphatic carbocycles. The van der Waals surface area contributed by atoms with Crippen molar-refractivity contribution in [3.05, 3.63) is 35.4 Å². The summed E-state index contributed by atoms with van der Waals surface area (Å²) in [5.41, 5.74) is 2.52. The van der Waals surface area contributed by atoms with E-state index in [2.05, 4.69) is 41.8 Å². The molecule has 0 aliphatic heterocycles. The van der Waals surface area contributed by atoms with E-state index in [9.17, 15) is 4.79 Å². The van der Waals surface area contributed by atoms with E-state index in [1.807, 2.05) is 0 Å². The summed E-state index contributed by atoms with van der Waals surface area (Å²) in [4.78, 5) is 11.6. The molecule has 0 bridgehead atoms.